The van der Waals surface area contributed by atoms with Gasteiger partial charge in [0.05, 0.1) is 43.1 Å². The lowest BCUT2D eigenvalue weighted by Crippen LogP contribution is -2.66. The molecule has 3 heterocycles. The fourth-order valence-corrected chi connectivity index (χ4v) is 9.05. The van der Waals surface area contributed by atoms with Crippen LogP contribution in [-0.2, 0) is 38.1 Å². The molecule has 3 fully saturated rings. The van der Waals surface area contributed by atoms with Crippen molar-refractivity contribution >= 4 is 23.9 Å². The van der Waals surface area contributed by atoms with Crippen LogP contribution in [0.5, 0.6) is 0 Å². The fourth-order valence-electron chi connectivity index (χ4n) is 9.05. The molecule has 6 rings (SSSR count). The minimum Gasteiger partial charge on any atom is -0.472 e. The average Bonchev–Trinajstić information content (AvgIpc) is 3.38. The summed E-state index contributed by atoms with van der Waals surface area (Å²) >= 11 is 0. The van der Waals surface area contributed by atoms with E-state index in [4.69, 9.17) is 28.1 Å². The summed E-state index contributed by atoms with van der Waals surface area (Å²) in [4.78, 5) is 52.7. The van der Waals surface area contributed by atoms with Crippen molar-refractivity contribution in [1.82, 2.24) is 0 Å². The van der Waals surface area contributed by atoms with Crippen LogP contribution >= 0.6 is 0 Å². The smallest absolute Gasteiger partial charge is 0.338 e. The van der Waals surface area contributed by atoms with Crippen LogP contribution in [0.15, 0.2) is 77.6 Å². The highest BCUT2D eigenvalue weighted by molar-refractivity contribution is 5.89. The molecule has 10 heteroatoms. The number of allylic oxidation sites excluding steroid dienone is 1. The summed E-state index contributed by atoms with van der Waals surface area (Å²) in [5.74, 6) is -3.93. The van der Waals surface area contributed by atoms with Crippen LogP contribution in [0.1, 0.15) is 69.3 Å². The Hall–Kier alpha value is -4.18. The van der Waals surface area contributed by atoms with Crippen molar-refractivity contribution in [2.75, 3.05) is 7.11 Å². The summed E-state index contributed by atoms with van der Waals surface area (Å²) in [6, 6.07) is 10.5. The number of ether oxygens (including phenoxy) is 5. The van der Waals surface area contributed by atoms with Crippen molar-refractivity contribution in [2.24, 2.45) is 22.7 Å². The Balaban J connectivity index is 1.57. The van der Waals surface area contributed by atoms with Gasteiger partial charge in [-0.15, -0.1) is 0 Å². The van der Waals surface area contributed by atoms with Crippen LogP contribution in [0.25, 0.3) is 0 Å². The molecule has 46 heavy (non-hydrogen) atoms. The summed E-state index contributed by atoms with van der Waals surface area (Å²) in [5.41, 5.74) is -2.35. The molecule has 2 aliphatic heterocycles. The average molecular weight is 633 g/mol. The number of rotatable bonds is 7. The van der Waals surface area contributed by atoms with Crippen LogP contribution in [0.2, 0.25) is 0 Å². The highest BCUT2D eigenvalue weighted by Crippen LogP contribution is 2.76. The maximum absolute atomic E-state index is 13.9. The second-order valence-corrected chi connectivity index (χ2v) is 13.8. The second-order valence-electron chi connectivity index (χ2n) is 13.8. The molecule has 10 nitrogen and oxygen atoms in total. The highest BCUT2D eigenvalue weighted by Gasteiger charge is 2.84. The maximum Gasteiger partial charge on any atom is 0.338 e. The van der Waals surface area contributed by atoms with Crippen LogP contribution in [-0.4, -0.2) is 60.5 Å². The molecule has 2 saturated carbocycles. The zero-order valence-electron chi connectivity index (χ0n) is 26.9. The quantitative estimate of drug-likeness (QED) is 0.171. The van der Waals surface area contributed by atoms with Gasteiger partial charge in [-0.2, -0.15) is 0 Å². The first-order valence-electron chi connectivity index (χ1n) is 15.5. The van der Waals surface area contributed by atoms with Crippen molar-refractivity contribution in [1.29, 1.82) is 0 Å². The topological polar surface area (TPSA) is 131 Å². The number of cyclic esters (lactones) is 1. The van der Waals surface area contributed by atoms with Crippen molar-refractivity contribution < 1.29 is 47.3 Å². The van der Waals surface area contributed by atoms with Gasteiger partial charge in [-0.05, 0) is 49.6 Å². The Morgan fingerprint density at radius 1 is 1.04 bits per heavy atom. The molecular formula is C36H40O10. The van der Waals surface area contributed by atoms with E-state index in [0.717, 1.165) is 5.56 Å². The van der Waals surface area contributed by atoms with E-state index in [-0.39, 0.29) is 18.4 Å². The third kappa shape index (κ3) is 4.63. The van der Waals surface area contributed by atoms with Gasteiger partial charge in [-0.1, -0.05) is 44.7 Å². The predicted molar refractivity (Wildman–Crippen MR) is 163 cm³/mol. The fraction of sp³-hybridized carbons (Fsp3) is 0.500. The Labute approximate surface area is 268 Å². The molecule has 0 radical (unpaired) electrons. The van der Waals surface area contributed by atoms with E-state index in [9.17, 15) is 19.2 Å². The second kappa shape index (κ2) is 11.0. The van der Waals surface area contributed by atoms with E-state index in [1.54, 1.807) is 62.8 Å². The van der Waals surface area contributed by atoms with Crippen LogP contribution in [0, 0.1) is 22.7 Å². The highest BCUT2D eigenvalue weighted by atomic mass is 16.6. The van der Waals surface area contributed by atoms with E-state index in [0.29, 0.717) is 17.6 Å². The monoisotopic (exact) mass is 632 g/mol. The molecule has 0 N–H and O–H groups in total. The minimum atomic E-state index is -1.17. The lowest BCUT2D eigenvalue weighted by atomic mass is 9.48. The Bertz CT molecular complexity index is 1590. The van der Waals surface area contributed by atoms with E-state index in [1.807, 2.05) is 19.9 Å². The Morgan fingerprint density at radius 3 is 2.39 bits per heavy atom. The van der Waals surface area contributed by atoms with Gasteiger partial charge in [-0.3, -0.25) is 9.59 Å². The normalized spacial score (nSPS) is 37.3. The van der Waals surface area contributed by atoms with Crippen LogP contribution in [0.3, 0.4) is 0 Å². The first kappa shape index (κ1) is 31.8. The van der Waals surface area contributed by atoms with Gasteiger partial charge >= 0.3 is 23.9 Å². The standard InChI is InChI=1S/C36H40O10/c1-20-29(34(5)15-13-27(38)46-33(3,4)25(34)18-28(39)41-7)30(43-21(2)37)31(44-32(40)22-11-9-8-10-12-22)35(6)24(23-14-16-42-19-23)17-26-36(20,35)45-26/h8-16,19,24-26,29-31H,1,17-18H2,2-7H3. The number of benzene rings is 1. The third-order valence-electron chi connectivity index (χ3n) is 11.1. The molecule has 0 amide bonds. The molecule has 9 atom stereocenters. The van der Waals surface area contributed by atoms with E-state index in [1.165, 1.54) is 20.1 Å². The number of epoxide rings is 1. The first-order valence-corrected chi connectivity index (χ1v) is 15.5. The number of methoxy groups -OCH3 is 1. The van der Waals surface area contributed by atoms with E-state index < -0.39 is 70.0 Å². The Morgan fingerprint density at radius 2 is 1.76 bits per heavy atom. The minimum absolute atomic E-state index is 0.116. The molecule has 1 spiro atoms. The van der Waals surface area contributed by atoms with Crippen LogP contribution in [0.4, 0.5) is 0 Å². The first-order chi connectivity index (χ1) is 21.7. The third-order valence-corrected chi connectivity index (χ3v) is 11.1. The molecule has 1 aromatic carbocycles. The number of carbonyl (C=O) groups excluding carboxylic acids is 4. The number of carbonyl (C=O) groups is 4. The summed E-state index contributed by atoms with van der Waals surface area (Å²) in [7, 11) is 1.30. The molecule has 1 saturated heterocycles. The molecule has 2 aliphatic carbocycles. The van der Waals surface area contributed by atoms with Gasteiger partial charge in [-0.25, -0.2) is 9.59 Å². The van der Waals surface area contributed by atoms with Gasteiger partial charge in [0.15, 0.2) is 0 Å². The van der Waals surface area contributed by atoms with E-state index in [2.05, 4.69) is 6.58 Å². The van der Waals surface area contributed by atoms with Crippen molar-refractivity contribution in [3.63, 3.8) is 0 Å². The van der Waals surface area contributed by atoms with Gasteiger partial charge in [0, 0.05) is 36.2 Å². The number of furan rings is 1. The van der Waals surface area contributed by atoms with Gasteiger partial charge in [0.2, 0.25) is 0 Å². The summed E-state index contributed by atoms with van der Waals surface area (Å²) in [5, 5.41) is 0. The number of esters is 4. The SMILES string of the molecule is C=C1C(C2(C)C=CC(=O)OC(C)(C)C2CC(=O)OC)C(OC(C)=O)C(OC(=O)c2ccccc2)C2(C)C(c3ccoc3)CC3OC132. The lowest BCUT2D eigenvalue weighted by molar-refractivity contribution is -0.195. The predicted octanol–water partition coefficient (Wildman–Crippen LogP) is 5.33. The maximum atomic E-state index is 13.9. The van der Waals surface area contributed by atoms with Crippen molar-refractivity contribution in [2.45, 2.75) is 82.9 Å². The van der Waals surface area contributed by atoms with Gasteiger partial charge in [0.25, 0.3) is 0 Å². The molecule has 1 aromatic heterocycles. The van der Waals surface area contributed by atoms with Crippen LogP contribution < -0.4 is 0 Å². The number of hydrogen-bond acceptors (Lipinski definition) is 10. The largest absolute Gasteiger partial charge is 0.472 e. The molecule has 2 aromatic rings. The molecule has 4 aliphatic rings. The Kier molecular flexibility index (Phi) is 7.58. The van der Waals surface area contributed by atoms with Gasteiger partial charge in [0.1, 0.15) is 23.4 Å². The zero-order chi connectivity index (χ0) is 33.2. The van der Waals surface area contributed by atoms with Crippen molar-refractivity contribution in [3.8, 4) is 0 Å². The number of hydrogen-bond donors (Lipinski definition) is 0. The molecular weight excluding hydrogens is 592 g/mol. The summed E-state index contributed by atoms with van der Waals surface area (Å²) < 4.78 is 35.8. The van der Waals surface area contributed by atoms with E-state index >= 15 is 0 Å². The summed E-state index contributed by atoms with van der Waals surface area (Å²) in [6.45, 7) is 13.3. The van der Waals surface area contributed by atoms with Gasteiger partial charge < -0.3 is 28.1 Å². The molecule has 0 bridgehead atoms. The molecule has 9 unspecified atom stereocenters. The molecule has 244 valence electrons. The van der Waals surface area contributed by atoms with Crippen molar-refractivity contribution in [3.05, 3.63) is 84.4 Å². The lowest BCUT2D eigenvalue weighted by Gasteiger charge is -2.58. The summed E-state index contributed by atoms with van der Waals surface area (Å²) in [6.07, 6.45) is 4.37. The zero-order valence-corrected chi connectivity index (χ0v) is 26.9.